The lowest BCUT2D eigenvalue weighted by molar-refractivity contribution is -0.124. The highest BCUT2D eigenvalue weighted by atomic mass is 32.2. The normalized spacial score (nSPS) is 20.4. The third-order valence-corrected chi connectivity index (χ3v) is 6.92. The zero-order valence-electron chi connectivity index (χ0n) is 17.3. The second-order valence-electron chi connectivity index (χ2n) is 7.18. The van der Waals surface area contributed by atoms with Crippen LogP contribution in [0.25, 0.3) is 6.08 Å². The van der Waals surface area contributed by atoms with E-state index in [0.29, 0.717) is 26.7 Å². The summed E-state index contributed by atoms with van der Waals surface area (Å²) in [7, 11) is 3.24. The molecule has 7 nitrogen and oxygen atoms in total. The van der Waals surface area contributed by atoms with Crippen molar-refractivity contribution in [2.45, 2.75) is 45.1 Å². The van der Waals surface area contributed by atoms with Crippen molar-refractivity contribution >= 4 is 45.4 Å². The van der Waals surface area contributed by atoms with Gasteiger partial charge < -0.3 is 9.47 Å². The first-order chi connectivity index (χ1) is 14.6. The Bertz CT molecular complexity index is 996. The molecule has 2 aliphatic rings. The number of nitrogens with zero attached hydrogens (tertiary/aromatic N) is 4. The Kier molecular flexibility index (Phi) is 6.38. The van der Waals surface area contributed by atoms with E-state index in [0.717, 1.165) is 36.3 Å². The summed E-state index contributed by atoms with van der Waals surface area (Å²) in [6.07, 6.45) is 7.34. The van der Waals surface area contributed by atoms with Gasteiger partial charge in [-0.15, -0.1) is 10.2 Å². The van der Waals surface area contributed by atoms with E-state index in [-0.39, 0.29) is 11.9 Å². The molecule has 1 saturated heterocycles. The van der Waals surface area contributed by atoms with Crippen LogP contribution in [0.15, 0.2) is 28.1 Å². The van der Waals surface area contributed by atoms with Gasteiger partial charge in [-0.05, 0) is 55.8 Å². The van der Waals surface area contributed by atoms with Gasteiger partial charge in [0.15, 0.2) is 5.17 Å². The van der Waals surface area contributed by atoms with Crippen molar-refractivity contribution in [1.29, 1.82) is 0 Å². The van der Waals surface area contributed by atoms with Gasteiger partial charge in [0, 0.05) is 11.6 Å². The maximum absolute atomic E-state index is 13.4. The molecule has 0 atom stereocenters. The van der Waals surface area contributed by atoms with Crippen LogP contribution in [0.5, 0.6) is 11.5 Å². The van der Waals surface area contributed by atoms with Crippen molar-refractivity contribution in [3.63, 3.8) is 0 Å². The number of carbonyl (C=O) groups is 1. The van der Waals surface area contributed by atoms with E-state index in [1.807, 2.05) is 36.1 Å². The standard InChI is InChI=1S/C21H24N4O3S2/c1-13-23-24-20(29-13)22-21-25(15-7-5-4-6-8-15)19(26)18(30-21)12-14-11-16(27-2)9-10-17(14)28-3/h9-12,15H,4-8H2,1-3H3/b18-12-,22-21+. The lowest BCUT2D eigenvalue weighted by atomic mass is 9.94. The number of ether oxygens (including phenoxy) is 2. The first kappa shape index (κ1) is 20.9. The number of hydrogen-bond donors (Lipinski definition) is 0. The van der Waals surface area contributed by atoms with Crippen LogP contribution in [0.2, 0.25) is 0 Å². The molecule has 1 aliphatic carbocycles. The summed E-state index contributed by atoms with van der Waals surface area (Å²) in [5.41, 5.74) is 0.796. The minimum absolute atomic E-state index is 0.0169. The van der Waals surface area contributed by atoms with Crippen molar-refractivity contribution in [3.05, 3.63) is 33.7 Å². The number of carbonyl (C=O) groups excluding carboxylic acids is 1. The Labute approximate surface area is 184 Å². The molecule has 0 spiro atoms. The zero-order chi connectivity index (χ0) is 21.1. The van der Waals surface area contributed by atoms with Crippen molar-refractivity contribution < 1.29 is 14.3 Å². The SMILES string of the molecule is COc1ccc(OC)c(/C=C2\S/C(=N/c3nnc(C)s3)N(C3CCCCC3)C2=O)c1. The summed E-state index contributed by atoms with van der Waals surface area (Å²) < 4.78 is 10.8. The fraction of sp³-hybridized carbons (Fsp3) is 0.429. The molecule has 0 N–H and O–H groups in total. The van der Waals surface area contributed by atoms with E-state index in [9.17, 15) is 4.79 Å². The lowest BCUT2D eigenvalue weighted by Crippen LogP contribution is -2.40. The number of amides is 1. The maximum atomic E-state index is 13.4. The molecule has 1 saturated carbocycles. The second kappa shape index (κ2) is 9.18. The van der Waals surface area contributed by atoms with Crippen LogP contribution in [-0.4, -0.2) is 46.4 Å². The van der Waals surface area contributed by atoms with E-state index in [4.69, 9.17) is 9.47 Å². The number of amidine groups is 1. The van der Waals surface area contributed by atoms with Crippen LogP contribution < -0.4 is 9.47 Å². The minimum Gasteiger partial charge on any atom is -0.497 e. The zero-order valence-corrected chi connectivity index (χ0v) is 18.9. The highest BCUT2D eigenvalue weighted by Crippen LogP contribution is 2.40. The number of aromatic nitrogens is 2. The molecule has 0 bridgehead atoms. The molecule has 0 radical (unpaired) electrons. The Morgan fingerprint density at radius 2 is 1.97 bits per heavy atom. The van der Waals surface area contributed by atoms with Crippen LogP contribution >= 0.6 is 23.1 Å². The Morgan fingerprint density at radius 1 is 1.17 bits per heavy atom. The molecule has 9 heteroatoms. The first-order valence-corrected chi connectivity index (χ1v) is 11.6. The summed E-state index contributed by atoms with van der Waals surface area (Å²) in [5.74, 6) is 1.38. The average Bonchev–Trinajstić information content (AvgIpc) is 3.31. The summed E-state index contributed by atoms with van der Waals surface area (Å²) in [4.78, 5) is 20.6. The fourth-order valence-electron chi connectivity index (χ4n) is 3.73. The van der Waals surface area contributed by atoms with Crippen LogP contribution in [0.1, 0.15) is 42.7 Å². The van der Waals surface area contributed by atoms with Crippen LogP contribution in [0.3, 0.4) is 0 Å². The quantitative estimate of drug-likeness (QED) is 0.617. The summed E-state index contributed by atoms with van der Waals surface area (Å²) in [5, 5.41) is 10.3. The van der Waals surface area contributed by atoms with E-state index < -0.39 is 0 Å². The van der Waals surface area contributed by atoms with Gasteiger partial charge in [0.1, 0.15) is 16.5 Å². The largest absolute Gasteiger partial charge is 0.497 e. The summed E-state index contributed by atoms with van der Waals surface area (Å²) in [6, 6.07) is 5.72. The number of aryl methyl sites for hydroxylation is 1. The van der Waals surface area contributed by atoms with Gasteiger partial charge in [0.2, 0.25) is 5.13 Å². The molecule has 2 aromatic rings. The topological polar surface area (TPSA) is 76.9 Å². The monoisotopic (exact) mass is 444 g/mol. The van der Waals surface area contributed by atoms with Crippen LogP contribution in [0.4, 0.5) is 5.13 Å². The molecule has 1 aliphatic heterocycles. The predicted molar refractivity (Wildman–Crippen MR) is 121 cm³/mol. The Morgan fingerprint density at radius 3 is 2.63 bits per heavy atom. The van der Waals surface area contributed by atoms with Gasteiger partial charge >= 0.3 is 0 Å². The highest BCUT2D eigenvalue weighted by molar-refractivity contribution is 8.18. The highest BCUT2D eigenvalue weighted by Gasteiger charge is 2.39. The molecule has 1 amide bonds. The van der Waals surface area contributed by atoms with Gasteiger partial charge in [-0.2, -0.15) is 4.99 Å². The Hall–Kier alpha value is -2.39. The van der Waals surface area contributed by atoms with Crippen molar-refractivity contribution in [3.8, 4) is 11.5 Å². The number of methoxy groups -OCH3 is 2. The van der Waals surface area contributed by atoms with E-state index >= 15 is 0 Å². The van der Waals surface area contributed by atoms with Gasteiger partial charge in [-0.25, -0.2) is 0 Å². The smallest absolute Gasteiger partial charge is 0.267 e. The van der Waals surface area contributed by atoms with Gasteiger partial charge in [0.05, 0.1) is 19.1 Å². The summed E-state index contributed by atoms with van der Waals surface area (Å²) in [6.45, 7) is 1.90. The number of thioether (sulfide) groups is 1. The van der Waals surface area contributed by atoms with E-state index in [1.54, 1.807) is 14.2 Å². The van der Waals surface area contributed by atoms with E-state index in [2.05, 4.69) is 15.2 Å². The van der Waals surface area contributed by atoms with Gasteiger partial charge in [0.25, 0.3) is 5.91 Å². The van der Waals surface area contributed by atoms with E-state index in [1.165, 1.54) is 29.5 Å². The predicted octanol–water partition coefficient (Wildman–Crippen LogP) is 4.80. The van der Waals surface area contributed by atoms with Crippen molar-refractivity contribution in [2.75, 3.05) is 14.2 Å². The second-order valence-corrected chi connectivity index (χ2v) is 9.35. The molecule has 158 valence electrons. The molecular formula is C21H24N4O3S2. The molecule has 2 heterocycles. The number of aliphatic imine (C=N–C) groups is 1. The van der Waals surface area contributed by atoms with Crippen molar-refractivity contribution in [2.24, 2.45) is 4.99 Å². The molecule has 4 rings (SSSR count). The first-order valence-electron chi connectivity index (χ1n) is 9.93. The fourth-order valence-corrected chi connectivity index (χ4v) is 5.38. The summed E-state index contributed by atoms with van der Waals surface area (Å²) >= 11 is 2.81. The lowest BCUT2D eigenvalue weighted by Gasteiger charge is -2.30. The molecule has 0 unspecified atom stereocenters. The number of benzene rings is 1. The number of rotatable bonds is 5. The minimum atomic E-state index is -0.0169. The van der Waals surface area contributed by atoms with Crippen molar-refractivity contribution in [1.82, 2.24) is 15.1 Å². The van der Waals surface area contributed by atoms with Gasteiger partial charge in [-0.3, -0.25) is 9.69 Å². The van der Waals surface area contributed by atoms with Gasteiger partial charge in [-0.1, -0.05) is 30.6 Å². The maximum Gasteiger partial charge on any atom is 0.267 e. The Balaban J connectivity index is 1.72. The van der Waals surface area contributed by atoms with Crippen LogP contribution in [0, 0.1) is 6.92 Å². The molecule has 30 heavy (non-hydrogen) atoms. The van der Waals surface area contributed by atoms with Crippen LogP contribution in [-0.2, 0) is 4.79 Å². The number of hydrogen-bond acceptors (Lipinski definition) is 8. The molecular weight excluding hydrogens is 420 g/mol. The molecule has 1 aromatic heterocycles. The molecule has 2 fully saturated rings. The average molecular weight is 445 g/mol. The third kappa shape index (κ3) is 4.37. The molecule has 1 aromatic carbocycles. The third-order valence-electron chi connectivity index (χ3n) is 5.21.